The van der Waals surface area contributed by atoms with E-state index < -0.39 is 0 Å². The molecule has 0 radical (unpaired) electrons. The van der Waals surface area contributed by atoms with Crippen molar-refractivity contribution >= 4 is 38.8 Å². The number of nitrogens with zero attached hydrogens (tertiary/aromatic N) is 3. The Hall–Kier alpha value is -3.32. The summed E-state index contributed by atoms with van der Waals surface area (Å²) in [5.41, 5.74) is 5.01. The Bertz CT molecular complexity index is 1170. The fourth-order valence-corrected chi connectivity index (χ4v) is 4.44. The molecule has 0 saturated carbocycles. The number of thiazole rings is 1. The van der Waals surface area contributed by atoms with Crippen LogP contribution in [0.1, 0.15) is 11.3 Å². The number of benzene rings is 2. The lowest BCUT2D eigenvalue weighted by Crippen LogP contribution is -1.94. The van der Waals surface area contributed by atoms with Crippen LogP contribution in [0.25, 0.3) is 26.2 Å². The molecule has 0 aliphatic carbocycles. The van der Waals surface area contributed by atoms with Crippen LogP contribution in [0.15, 0.2) is 58.8 Å². The zero-order chi connectivity index (χ0) is 19.5. The predicted octanol–water partition coefficient (Wildman–Crippen LogP) is 4.79. The summed E-state index contributed by atoms with van der Waals surface area (Å²) >= 11 is 1.70. The number of hydrogen-bond acceptors (Lipinski definition) is 6. The molecule has 2 aromatic carbocycles. The summed E-state index contributed by atoms with van der Waals surface area (Å²) in [4.78, 5) is 11.0. The molecule has 0 atom stereocenters. The first kappa shape index (κ1) is 18.1. The maximum absolute atomic E-state index is 5.30. The third-order valence-electron chi connectivity index (χ3n) is 4.46. The van der Waals surface area contributed by atoms with Gasteiger partial charge in [0.25, 0.3) is 0 Å². The van der Waals surface area contributed by atoms with E-state index in [2.05, 4.69) is 26.8 Å². The molecule has 0 unspecified atom stereocenters. The molecule has 0 saturated heterocycles. The van der Waals surface area contributed by atoms with Gasteiger partial charge in [-0.3, -0.25) is 4.40 Å². The molecule has 7 heteroatoms. The largest absolute Gasteiger partial charge is 0.497 e. The van der Waals surface area contributed by atoms with E-state index in [1.54, 1.807) is 30.9 Å². The Morgan fingerprint density at radius 3 is 2.32 bits per heavy atom. The normalized spacial score (nSPS) is 11.8. The van der Waals surface area contributed by atoms with Gasteiger partial charge in [-0.15, -0.1) is 11.3 Å². The first-order chi connectivity index (χ1) is 13.8. The van der Waals surface area contributed by atoms with Gasteiger partial charge in [0.1, 0.15) is 24.8 Å². The summed E-state index contributed by atoms with van der Waals surface area (Å²) < 4.78 is 8.66. The minimum Gasteiger partial charge on any atom is -0.497 e. The zero-order valence-electron chi connectivity index (χ0n) is 15.7. The van der Waals surface area contributed by atoms with Crippen LogP contribution >= 0.6 is 11.3 Å². The van der Waals surface area contributed by atoms with Crippen LogP contribution in [-0.2, 0) is 9.68 Å². The summed E-state index contributed by atoms with van der Waals surface area (Å²) in [5.74, 6) is 0.800. The summed E-state index contributed by atoms with van der Waals surface area (Å²) in [6.07, 6.45) is 3.48. The number of ether oxygens (including phenoxy) is 1. The van der Waals surface area contributed by atoms with Gasteiger partial charge in [0.15, 0.2) is 0 Å². The van der Waals surface area contributed by atoms with Crippen molar-refractivity contribution in [2.45, 2.75) is 0 Å². The summed E-state index contributed by atoms with van der Waals surface area (Å²) in [7, 11) is 4.73. The van der Waals surface area contributed by atoms with Crippen LogP contribution in [0.2, 0.25) is 0 Å². The fraction of sp³-hybridized carbons (Fsp3) is 0.143. The van der Waals surface area contributed by atoms with Gasteiger partial charge in [0.05, 0.1) is 35.4 Å². The minimum atomic E-state index is 0.800. The van der Waals surface area contributed by atoms with Crippen LogP contribution in [0.3, 0.4) is 0 Å². The SMILES string of the molecule is CO/N=C/c1c(-c2ccc(OC)cc2)c(/C=N/OC)n2c1sc1ccccc12. The molecule has 28 heavy (non-hydrogen) atoms. The molecule has 0 bridgehead atoms. The van der Waals surface area contributed by atoms with Gasteiger partial charge in [0.2, 0.25) is 0 Å². The maximum Gasteiger partial charge on any atom is 0.118 e. The van der Waals surface area contributed by atoms with Gasteiger partial charge >= 0.3 is 0 Å². The quantitative estimate of drug-likeness (QED) is 0.350. The Kier molecular flexibility index (Phi) is 4.99. The van der Waals surface area contributed by atoms with Crippen molar-refractivity contribution in [3.63, 3.8) is 0 Å². The topological polar surface area (TPSA) is 56.8 Å². The minimum absolute atomic E-state index is 0.800. The van der Waals surface area contributed by atoms with E-state index in [4.69, 9.17) is 14.4 Å². The van der Waals surface area contributed by atoms with Gasteiger partial charge in [0, 0.05) is 11.1 Å². The Morgan fingerprint density at radius 2 is 1.61 bits per heavy atom. The first-order valence-electron chi connectivity index (χ1n) is 8.62. The van der Waals surface area contributed by atoms with Crippen molar-refractivity contribution < 1.29 is 14.4 Å². The molecule has 0 amide bonds. The van der Waals surface area contributed by atoms with Crippen molar-refractivity contribution in [1.82, 2.24) is 4.40 Å². The van der Waals surface area contributed by atoms with Gasteiger partial charge < -0.3 is 14.4 Å². The lowest BCUT2D eigenvalue weighted by molar-refractivity contribution is 0.215. The highest BCUT2D eigenvalue weighted by Crippen LogP contribution is 2.39. The highest BCUT2D eigenvalue weighted by atomic mass is 32.1. The molecule has 0 N–H and O–H groups in total. The van der Waals surface area contributed by atoms with E-state index in [9.17, 15) is 0 Å². The van der Waals surface area contributed by atoms with Gasteiger partial charge in [-0.1, -0.05) is 34.6 Å². The standard InChI is InChI=1S/C21H19N3O3S/c1-25-15-10-8-14(9-11-15)20-16(12-22-26-2)21-24(18(20)13-23-27-3)17-6-4-5-7-19(17)28-21/h4-13H,1-3H3/b22-12+,23-13+. The molecule has 0 aliphatic heterocycles. The van der Waals surface area contributed by atoms with Crippen LogP contribution < -0.4 is 4.74 Å². The molecule has 6 nitrogen and oxygen atoms in total. The summed E-state index contributed by atoms with van der Waals surface area (Å²) in [5, 5.41) is 8.09. The monoisotopic (exact) mass is 393 g/mol. The molecular weight excluding hydrogens is 374 g/mol. The van der Waals surface area contributed by atoms with Crippen LogP contribution in [0.5, 0.6) is 5.75 Å². The molecule has 0 aliphatic rings. The van der Waals surface area contributed by atoms with E-state index in [0.717, 1.165) is 38.5 Å². The smallest absolute Gasteiger partial charge is 0.118 e. The van der Waals surface area contributed by atoms with E-state index in [1.165, 1.54) is 18.9 Å². The number of fused-ring (bicyclic) bond motifs is 3. The third kappa shape index (κ3) is 2.99. The van der Waals surface area contributed by atoms with Crippen LogP contribution in [0, 0.1) is 0 Å². The Morgan fingerprint density at radius 1 is 0.893 bits per heavy atom. The van der Waals surface area contributed by atoms with Crippen molar-refractivity contribution in [2.75, 3.05) is 21.3 Å². The number of aromatic nitrogens is 1. The molecule has 4 aromatic rings. The van der Waals surface area contributed by atoms with E-state index in [0.29, 0.717) is 0 Å². The van der Waals surface area contributed by atoms with Crippen LogP contribution in [0.4, 0.5) is 0 Å². The molecule has 4 rings (SSSR count). The number of methoxy groups -OCH3 is 1. The lowest BCUT2D eigenvalue weighted by atomic mass is 10.0. The third-order valence-corrected chi connectivity index (χ3v) is 5.62. The van der Waals surface area contributed by atoms with E-state index in [-0.39, 0.29) is 0 Å². The number of oxime groups is 2. The highest BCUT2D eigenvalue weighted by Gasteiger charge is 2.21. The predicted molar refractivity (Wildman–Crippen MR) is 114 cm³/mol. The molecule has 142 valence electrons. The number of rotatable bonds is 6. The van der Waals surface area contributed by atoms with Gasteiger partial charge in [-0.2, -0.15) is 0 Å². The average molecular weight is 393 g/mol. The van der Waals surface area contributed by atoms with Gasteiger partial charge in [-0.05, 0) is 29.8 Å². The zero-order valence-corrected chi connectivity index (χ0v) is 16.6. The van der Waals surface area contributed by atoms with E-state index in [1.807, 2.05) is 36.4 Å². The van der Waals surface area contributed by atoms with Gasteiger partial charge in [-0.25, -0.2) is 0 Å². The molecule has 0 spiro atoms. The number of hydrogen-bond donors (Lipinski definition) is 0. The second-order valence-corrected chi connectivity index (χ2v) is 6.98. The number of para-hydroxylation sites is 1. The van der Waals surface area contributed by atoms with Crippen molar-refractivity contribution in [1.29, 1.82) is 0 Å². The average Bonchev–Trinajstić information content (AvgIpc) is 3.25. The molecular formula is C21H19N3O3S. The summed E-state index contributed by atoms with van der Waals surface area (Å²) in [6, 6.07) is 16.2. The Labute approximate surface area is 166 Å². The van der Waals surface area contributed by atoms with E-state index >= 15 is 0 Å². The molecule has 2 aromatic heterocycles. The van der Waals surface area contributed by atoms with Crippen molar-refractivity contribution in [3.05, 3.63) is 59.8 Å². The Balaban J connectivity index is 2.10. The highest BCUT2D eigenvalue weighted by molar-refractivity contribution is 7.24. The molecule has 2 heterocycles. The molecule has 0 fully saturated rings. The fourth-order valence-electron chi connectivity index (χ4n) is 3.27. The summed E-state index contributed by atoms with van der Waals surface area (Å²) in [6.45, 7) is 0. The lowest BCUT2D eigenvalue weighted by Gasteiger charge is -2.06. The van der Waals surface area contributed by atoms with Crippen LogP contribution in [-0.4, -0.2) is 38.2 Å². The first-order valence-corrected chi connectivity index (χ1v) is 9.43. The second-order valence-electron chi connectivity index (χ2n) is 5.95. The van der Waals surface area contributed by atoms with Crippen molar-refractivity contribution in [2.24, 2.45) is 10.3 Å². The second kappa shape index (κ2) is 7.74. The van der Waals surface area contributed by atoms with Crippen molar-refractivity contribution in [3.8, 4) is 16.9 Å². The maximum atomic E-state index is 5.30.